The van der Waals surface area contributed by atoms with Gasteiger partial charge in [0.05, 0.1) is 18.1 Å². The summed E-state index contributed by atoms with van der Waals surface area (Å²) in [4.78, 5) is 14.0. The van der Waals surface area contributed by atoms with E-state index in [-0.39, 0.29) is 42.2 Å². The number of likely N-dealkylation sites (tertiary alicyclic amines) is 1. The number of piperidine rings is 1. The third kappa shape index (κ3) is 5.71. The molecule has 2 aliphatic rings. The molecule has 0 bridgehead atoms. The van der Waals surface area contributed by atoms with Gasteiger partial charge >= 0.3 is 0 Å². The Hall–Kier alpha value is -1.55. The van der Waals surface area contributed by atoms with Crippen molar-refractivity contribution in [1.82, 2.24) is 9.62 Å². The van der Waals surface area contributed by atoms with E-state index in [1.54, 1.807) is 11.0 Å². The number of nitrogens with zero attached hydrogens (tertiary/aromatic N) is 1. The second-order valence-electron chi connectivity index (χ2n) is 6.53. The van der Waals surface area contributed by atoms with Gasteiger partial charge in [-0.1, -0.05) is 0 Å². The minimum absolute atomic E-state index is 0. The zero-order chi connectivity index (χ0) is 18.6. The lowest BCUT2D eigenvalue weighted by atomic mass is 10.1. The van der Waals surface area contributed by atoms with Crippen LogP contribution in [0.5, 0.6) is 11.5 Å². The number of hydrogen-bond donors (Lipinski definition) is 2. The van der Waals surface area contributed by atoms with E-state index in [0.717, 1.165) is 19.3 Å². The molecule has 0 atom stereocenters. The molecule has 1 aromatic carbocycles. The normalized spacial score (nSPS) is 17.7. The number of fused-ring (bicyclic) bond motifs is 1. The molecule has 0 spiro atoms. The van der Waals surface area contributed by atoms with Gasteiger partial charge in [0.1, 0.15) is 0 Å². The summed E-state index contributed by atoms with van der Waals surface area (Å²) in [5.41, 5.74) is 5.83. The third-order valence-electron chi connectivity index (χ3n) is 4.55. The molecule has 8 nitrogen and oxygen atoms in total. The van der Waals surface area contributed by atoms with Crippen LogP contribution in [0.15, 0.2) is 23.1 Å². The van der Waals surface area contributed by atoms with Crippen LogP contribution < -0.4 is 19.9 Å². The van der Waals surface area contributed by atoms with Crippen LogP contribution in [0, 0.1) is 0 Å². The molecule has 27 heavy (non-hydrogen) atoms. The summed E-state index contributed by atoms with van der Waals surface area (Å²) >= 11 is 0. The summed E-state index contributed by atoms with van der Waals surface area (Å²) in [6.07, 6.45) is 2.45. The largest absolute Gasteiger partial charge is 0.490 e. The van der Waals surface area contributed by atoms with Crippen molar-refractivity contribution < 1.29 is 22.7 Å². The fourth-order valence-corrected chi connectivity index (χ4v) is 4.04. The van der Waals surface area contributed by atoms with E-state index in [4.69, 9.17) is 15.2 Å². The first-order chi connectivity index (χ1) is 12.5. The van der Waals surface area contributed by atoms with Gasteiger partial charge in [-0.05, 0) is 25.0 Å². The summed E-state index contributed by atoms with van der Waals surface area (Å²) in [5, 5.41) is 0. The van der Waals surface area contributed by atoms with Crippen molar-refractivity contribution in [1.29, 1.82) is 0 Å². The van der Waals surface area contributed by atoms with Crippen molar-refractivity contribution >= 4 is 28.3 Å². The maximum Gasteiger partial charge on any atom is 0.240 e. The van der Waals surface area contributed by atoms with E-state index in [1.165, 1.54) is 12.1 Å². The highest BCUT2D eigenvalue weighted by Crippen LogP contribution is 2.31. The fraction of sp³-hybridized carbons (Fsp3) is 0.588. The topological polar surface area (TPSA) is 111 Å². The number of sulfonamides is 1. The smallest absolute Gasteiger partial charge is 0.240 e. The van der Waals surface area contributed by atoms with Gasteiger partial charge in [0.25, 0.3) is 0 Å². The van der Waals surface area contributed by atoms with Crippen molar-refractivity contribution in [2.45, 2.75) is 36.6 Å². The van der Waals surface area contributed by atoms with Crippen LogP contribution in [0.2, 0.25) is 0 Å². The Kier molecular flexibility index (Phi) is 7.72. The molecule has 0 unspecified atom stereocenters. The number of amides is 1. The molecule has 2 heterocycles. The van der Waals surface area contributed by atoms with Crippen molar-refractivity contribution in [3.05, 3.63) is 18.2 Å². The number of halogens is 1. The van der Waals surface area contributed by atoms with Gasteiger partial charge in [-0.15, -0.1) is 12.4 Å². The average molecular weight is 420 g/mol. The molecule has 0 aliphatic carbocycles. The second-order valence-corrected chi connectivity index (χ2v) is 8.29. The van der Waals surface area contributed by atoms with Crippen molar-refractivity contribution in [2.75, 3.05) is 32.8 Å². The standard InChI is InChI=1S/C17H25N3O5S.ClH/c18-13-5-8-20(9-6-13)17(21)4-7-19-26(22,23)14-2-3-15-16(12-14)25-11-1-10-24-15;/h2-3,12-13,19H,1,4-11,18H2;1H. The zero-order valence-electron chi connectivity index (χ0n) is 15.1. The number of rotatable bonds is 5. The maximum absolute atomic E-state index is 12.5. The first-order valence-electron chi connectivity index (χ1n) is 8.88. The summed E-state index contributed by atoms with van der Waals surface area (Å²) in [6, 6.07) is 4.68. The zero-order valence-corrected chi connectivity index (χ0v) is 16.7. The highest BCUT2D eigenvalue weighted by Gasteiger charge is 2.22. The fourth-order valence-electron chi connectivity index (χ4n) is 2.99. The number of hydrogen-bond acceptors (Lipinski definition) is 6. The van der Waals surface area contributed by atoms with Crippen LogP contribution in [-0.4, -0.2) is 58.1 Å². The molecule has 3 N–H and O–H groups in total. The molecule has 3 rings (SSSR count). The maximum atomic E-state index is 12.5. The van der Waals surface area contributed by atoms with Gasteiger partial charge in [-0.3, -0.25) is 4.79 Å². The second kappa shape index (κ2) is 9.59. The van der Waals surface area contributed by atoms with Crippen LogP contribution in [0.25, 0.3) is 0 Å². The van der Waals surface area contributed by atoms with Gasteiger partial charge in [-0.2, -0.15) is 0 Å². The number of ether oxygens (including phenoxy) is 2. The predicted octanol–water partition coefficient (Wildman–Crippen LogP) is 0.888. The Morgan fingerprint density at radius 1 is 1.19 bits per heavy atom. The first kappa shape index (κ1) is 21.7. The minimum atomic E-state index is -3.72. The lowest BCUT2D eigenvalue weighted by Gasteiger charge is -2.30. The molecule has 1 amide bonds. The van der Waals surface area contributed by atoms with Crippen LogP contribution in [-0.2, 0) is 14.8 Å². The summed E-state index contributed by atoms with van der Waals surface area (Å²) in [7, 11) is -3.72. The summed E-state index contributed by atoms with van der Waals surface area (Å²) in [5.74, 6) is 0.907. The van der Waals surface area contributed by atoms with Crippen LogP contribution in [0.3, 0.4) is 0 Å². The van der Waals surface area contributed by atoms with E-state index in [2.05, 4.69) is 4.72 Å². The summed E-state index contributed by atoms with van der Waals surface area (Å²) < 4.78 is 38.4. The number of benzene rings is 1. The number of carbonyl (C=O) groups is 1. The SMILES string of the molecule is Cl.NC1CCN(C(=O)CCNS(=O)(=O)c2ccc3c(c2)OCCCO3)CC1. The van der Waals surface area contributed by atoms with E-state index < -0.39 is 10.0 Å². The molecular weight excluding hydrogens is 394 g/mol. The van der Waals surface area contributed by atoms with Gasteiger partial charge in [0.2, 0.25) is 15.9 Å². The van der Waals surface area contributed by atoms with Gasteiger partial charge in [0, 0.05) is 44.6 Å². The van der Waals surface area contributed by atoms with Crippen molar-refractivity contribution in [2.24, 2.45) is 5.73 Å². The summed E-state index contributed by atoms with van der Waals surface area (Å²) in [6.45, 7) is 2.35. The monoisotopic (exact) mass is 419 g/mol. The van der Waals surface area contributed by atoms with Crippen LogP contribution in [0.4, 0.5) is 0 Å². The lowest BCUT2D eigenvalue weighted by Crippen LogP contribution is -2.43. The highest BCUT2D eigenvalue weighted by molar-refractivity contribution is 7.89. The molecule has 0 radical (unpaired) electrons. The minimum Gasteiger partial charge on any atom is -0.490 e. The molecule has 0 saturated carbocycles. The third-order valence-corrected chi connectivity index (χ3v) is 6.01. The van der Waals surface area contributed by atoms with E-state index >= 15 is 0 Å². The van der Waals surface area contributed by atoms with E-state index in [0.29, 0.717) is 37.8 Å². The van der Waals surface area contributed by atoms with Gasteiger partial charge in [0.15, 0.2) is 11.5 Å². The van der Waals surface area contributed by atoms with Crippen LogP contribution >= 0.6 is 12.4 Å². The Labute approximate surface area is 165 Å². The van der Waals surface area contributed by atoms with E-state index in [1.807, 2.05) is 0 Å². The van der Waals surface area contributed by atoms with Crippen molar-refractivity contribution in [3.63, 3.8) is 0 Å². The van der Waals surface area contributed by atoms with Crippen molar-refractivity contribution in [3.8, 4) is 11.5 Å². The highest BCUT2D eigenvalue weighted by atomic mass is 35.5. The molecular formula is C17H26ClN3O5S. The van der Waals surface area contributed by atoms with Gasteiger partial charge in [-0.25, -0.2) is 13.1 Å². The molecule has 0 aromatic heterocycles. The first-order valence-corrected chi connectivity index (χ1v) is 10.4. The lowest BCUT2D eigenvalue weighted by molar-refractivity contribution is -0.132. The Balaban J connectivity index is 0.00000261. The Morgan fingerprint density at radius 2 is 1.85 bits per heavy atom. The Morgan fingerprint density at radius 3 is 2.56 bits per heavy atom. The Bertz CT molecular complexity index is 751. The molecule has 2 aliphatic heterocycles. The molecule has 10 heteroatoms. The molecule has 1 saturated heterocycles. The molecule has 1 fully saturated rings. The van der Waals surface area contributed by atoms with Crippen LogP contribution in [0.1, 0.15) is 25.7 Å². The van der Waals surface area contributed by atoms with E-state index in [9.17, 15) is 13.2 Å². The quantitative estimate of drug-likeness (QED) is 0.733. The predicted molar refractivity (Wildman–Crippen MR) is 103 cm³/mol. The number of nitrogens with one attached hydrogen (secondary N) is 1. The number of nitrogens with two attached hydrogens (primary N) is 1. The average Bonchev–Trinajstić information content (AvgIpc) is 2.86. The number of carbonyl (C=O) groups excluding carboxylic acids is 1. The molecule has 152 valence electrons. The van der Waals surface area contributed by atoms with Gasteiger partial charge < -0.3 is 20.1 Å². The molecule has 1 aromatic rings.